The number of carbonyl (C=O) groups is 3. The highest BCUT2D eigenvalue weighted by molar-refractivity contribution is 7.09. The van der Waals surface area contributed by atoms with Gasteiger partial charge in [0.15, 0.2) is 0 Å². The first kappa shape index (κ1) is 31.7. The number of fused-ring (bicyclic) bond motifs is 2. The van der Waals surface area contributed by atoms with Gasteiger partial charge in [-0.05, 0) is 52.8 Å². The molecule has 0 bridgehead atoms. The third kappa shape index (κ3) is 6.49. The average molecular weight is 639 g/mol. The van der Waals surface area contributed by atoms with E-state index < -0.39 is 29.5 Å². The number of thiophene rings is 1. The molecule has 0 radical (unpaired) electrons. The number of hydrogen-bond donors (Lipinski definition) is 1. The van der Waals surface area contributed by atoms with Crippen LogP contribution in [0.4, 0.5) is 0 Å². The maximum absolute atomic E-state index is 14.4. The Hall–Kier alpha value is -4.31. The molecule has 4 atom stereocenters. The minimum Gasteiger partial charge on any atom is -0.468 e. The van der Waals surface area contributed by atoms with Gasteiger partial charge in [-0.3, -0.25) is 14.4 Å². The highest BCUT2D eigenvalue weighted by atomic mass is 32.1. The predicted molar refractivity (Wildman–Crippen MR) is 176 cm³/mol. The van der Waals surface area contributed by atoms with Crippen molar-refractivity contribution in [3.8, 4) is 0 Å². The van der Waals surface area contributed by atoms with E-state index in [0.717, 1.165) is 26.8 Å². The number of methoxy groups -OCH3 is 1. The second kappa shape index (κ2) is 14.0. The van der Waals surface area contributed by atoms with E-state index in [0.29, 0.717) is 18.8 Å². The third-order valence-corrected chi connectivity index (χ3v) is 9.85. The maximum Gasteiger partial charge on any atom is 0.320 e. The van der Waals surface area contributed by atoms with Gasteiger partial charge < -0.3 is 24.4 Å². The van der Waals surface area contributed by atoms with Crippen molar-refractivity contribution in [2.45, 2.75) is 51.7 Å². The summed E-state index contributed by atoms with van der Waals surface area (Å²) < 4.78 is 17.9. The van der Waals surface area contributed by atoms with Crippen molar-refractivity contribution in [2.24, 2.45) is 11.3 Å². The summed E-state index contributed by atoms with van der Waals surface area (Å²) in [5.41, 5.74) is 1.22. The summed E-state index contributed by atoms with van der Waals surface area (Å²) in [6.45, 7) is 3.09. The van der Waals surface area contributed by atoms with Crippen LogP contribution in [0.15, 0.2) is 102 Å². The average Bonchev–Trinajstić information content (AvgIpc) is 3.60. The number of rotatable bonds is 11. The normalized spacial score (nSPS) is 22.7. The lowest BCUT2D eigenvalue weighted by Crippen LogP contribution is -2.60. The smallest absolute Gasteiger partial charge is 0.320 e. The monoisotopic (exact) mass is 638 g/mol. The van der Waals surface area contributed by atoms with Crippen molar-refractivity contribution in [2.75, 3.05) is 13.7 Å². The molecule has 4 aromatic rings. The molecular formula is C37H38N2O6S. The number of likely N-dealkylation sites (tertiary alicyclic amines) is 1. The van der Waals surface area contributed by atoms with Crippen molar-refractivity contribution in [3.63, 3.8) is 0 Å². The third-order valence-electron chi connectivity index (χ3n) is 8.97. The molecule has 0 unspecified atom stereocenters. The second-order valence-electron chi connectivity index (χ2n) is 11.9. The van der Waals surface area contributed by atoms with Crippen LogP contribution in [0.3, 0.4) is 0 Å². The highest BCUT2D eigenvalue weighted by Crippen LogP contribution is 2.51. The predicted octanol–water partition coefficient (Wildman–Crippen LogP) is 6.00. The fourth-order valence-corrected chi connectivity index (χ4v) is 7.32. The van der Waals surface area contributed by atoms with Crippen molar-refractivity contribution in [1.82, 2.24) is 10.2 Å². The molecule has 2 aliphatic heterocycles. The summed E-state index contributed by atoms with van der Waals surface area (Å²) in [6.07, 6.45) is 0.739. The van der Waals surface area contributed by atoms with E-state index in [1.807, 2.05) is 103 Å². The zero-order valence-corrected chi connectivity index (χ0v) is 26.8. The molecule has 1 fully saturated rings. The molecule has 9 heteroatoms. The first-order valence-electron chi connectivity index (χ1n) is 15.5. The quantitative estimate of drug-likeness (QED) is 0.203. The molecular weight excluding hydrogens is 600 g/mol. The topological polar surface area (TPSA) is 94.2 Å². The van der Waals surface area contributed by atoms with Crippen LogP contribution in [0.1, 0.15) is 35.8 Å². The van der Waals surface area contributed by atoms with E-state index in [4.69, 9.17) is 14.2 Å². The lowest BCUT2D eigenvalue weighted by molar-refractivity contribution is -0.178. The molecule has 0 spiro atoms. The molecule has 0 saturated carbocycles. The van der Waals surface area contributed by atoms with E-state index in [1.54, 1.807) is 16.2 Å². The van der Waals surface area contributed by atoms with Gasteiger partial charge in [-0.25, -0.2) is 0 Å². The lowest BCUT2D eigenvalue weighted by atomic mass is 9.66. The van der Waals surface area contributed by atoms with Gasteiger partial charge in [0.2, 0.25) is 11.8 Å². The number of nitrogens with zero attached hydrogens (tertiary/aromatic N) is 1. The van der Waals surface area contributed by atoms with Crippen LogP contribution in [0.2, 0.25) is 0 Å². The molecule has 1 aromatic heterocycles. The number of benzene rings is 3. The summed E-state index contributed by atoms with van der Waals surface area (Å²) in [5, 5.41) is 6.97. The maximum atomic E-state index is 14.4. The number of carbonyl (C=O) groups excluding carboxylic acids is 3. The standard InChI is InChI=1S/C37H38N2O6S/c1-25-37(36(42)43-2)20-29(18-34(40)38-21-31-15-9-17-46-31)35(41)39(22-28-14-8-13-27-12-6-7-16-32(27)28)33(37)19-30(45-25)24-44-23-26-10-4-3-5-11-26/h3-17,19,25,29-30H,18,20-24H2,1-2H3,(H,38,40)/t25-,29+,30-,37+/m1/s1. The molecule has 2 amide bonds. The Bertz CT molecular complexity index is 1720. The molecule has 3 heterocycles. The minimum atomic E-state index is -1.29. The zero-order valence-electron chi connectivity index (χ0n) is 26.0. The van der Waals surface area contributed by atoms with Gasteiger partial charge in [-0.1, -0.05) is 78.9 Å². The van der Waals surface area contributed by atoms with Crippen LogP contribution < -0.4 is 5.32 Å². The molecule has 1 N–H and O–H groups in total. The van der Waals surface area contributed by atoms with Gasteiger partial charge in [-0.15, -0.1) is 11.3 Å². The van der Waals surface area contributed by atoms with Crippen LogP contribution in [-0.2, 0) is 48.3 Å². The van der Waals surface area contributed by atoms with E-state index in [1.165, 1.54) is 7.11 Å². The molecule has 3 aromatic carbocycles. The number of piperidine rings is 1. The summed E-state index contributed by atoms with van der Waals surface area (Å²) in [4.78, 5) is 44.2. The Balaban J connectivity index is 1.34. The van der Waals surface area contributed by atoms with Crippen LogP contribution >= 0.6 is 11.3 Å². The van der Waals surface area contributed by atoms with Crippen molar-refractivity contribution in [1.29, 1.82) is 0 Å². The Morgan fingerprint density at radius 3 is 2.59 bits per heavy atom. The molecule has 238 valence electrons. The number of hydrogen-bond acceptors (Lipinski definition) is 7. The Morgan fingerprint density at radius 2 is 1.80 bits per heavy atom. The second-order valence-corrected chi connectivity index (χ2v) is 12.9. The van der Waals surface area contributed by atoms with Crippen molar-refractivity contribution < 1.29 is 28.6 Å². The number of nitrogens with one attached hydrogen (secondary N) is 1. The molecule has 1 saturated heterocycles. The SMILES string of the molecule is COC(=O)[C@]12C[C@H](CC(=O)NCc3cccs3)C(=O)N(Cc3cccc4ccccc34)C1=C[C@H](COCc1ccccc1)O[C@@H]2C. The van der Waals surface area contributed by atoms with Crippen LogP contribution in [0.5, 0.6) is 0 Å². The van der Waals surface area contributed by atoms with Gasteiger partial charge in [0.1, 0.15) is 11.5 Å². The van der Waals surface area contributed by atoms with E-state index in [-0.39, 0.29) is 37.8 Å². The van der Waals surface area contributed by atoms with Crippen LogP contribution in [-0.4, -0.2) is 48.6 Å². The molecule has 2 aliphatic rings. The molecule has 6 rings (SSSR count). The van der Waals surface area contributed by atoms with Crippen molar-refractivity contribution in [3.05, 3.63) is 118 Å². The fourth-order valence-electron chi connectivity index (χ4n) is 6.68. The minimum absolute atomic E-state index is 0.0569. The first-order valence-corrected chi connectivity index (χ1v) is 16.4. The van der Waals surface area contributed by atoms with E-state index in [2.05, 4.69) is 5.32 Å². The summed E-state index contributed by atoms with van der Waals surface area (Å²) in [6, 6.07) is 27.8. The van der Waals surface area contributed by atoms with Crippen LogP contribution in [0, 0.1) is 11.3 Å². The molecule has 46 heavy (non-hydrogen) atoms. The van der Waals surface area contributed by atoms with E-state index >= 15 is 0 Å². The Kier molecular flexibility index (Phi) is 9.63. The zero-order chi connectivity index (χ0) is 32.1. The Labute approximate surface area is 273 Å². The number of ether oxygens (including phenoxy) is 3. The first-order chi connectivity index (χ1) is 22.4. The summed E-state index contributed by atoms with van der Waals surface area (Å²) >= 11 is 1.55. The largest absolute Gasteiger partial charge is 0.468 e. The van der Waals surface area contributed by atoms with Gasteiger partial charge >= 0.3 is 5.97 Å². The lowest BCUT2D eigenvalue weighted by Gasteiger charge is -2.51. The Morgan fingerprint density at radius 1 is 1.02 bits per heavy atom. The van der Waals surface area contributed by atoms with Gasteiger partial charge in [0.05, 0.1) is 39.5 Å². The van der Waals surface area contributed by atoms with Gasteiger partial charge in [0.25, 0.3) is 0 Å². The molecule has 8 nitrogen and oxygen atoms in total. The highest BCUT2D eigenvalue weighted by Gasteiger charge is 2.59. The molecule has 0 aliphatic carbocycles. The number of amides is 2. The van der Waals surface area contributed by atoms with Gasteiger partial charge in [-0.2, -0.15) is 0 Å². The van der Waals surface area contributed by atoms with Crippen LogP contribution in [0.25, 0.3) is 10.8 Å². The van der Waals surface area contributed by atoms with Gasteiger partial charge in [0, 0.05) is 22.9 Å². The summed E-state index contributed by atoms with van der Waals surface area (Å²) in [7, 11) is 1.35. The van der Waals surface area contributed by atoms with E-state index in [9.17, 15) is 14.4 Å². The fraction of sp³-hybridized carbons (Fsp3) is 0.324. The number of esters is 1. The summed E-state index contributed by atoms with van der Waals surface area (Å²) in [5.74, 6) is -1.70. The van der Waals surface area contributed by atoms with Crippen molar-refractivity contribution >= 4 is 39.9 Å².